The normalized spacial score (nSPS) is 21.7. The number of aryl methyl sites for hydroxylation is 1. The smallest absolute Gasteiger partial charge is 0.254 e. The van der Waals surface area contributed by atoms with Crippen molar-refractivity contribution in [3.05, 3.63) is 57.8 Å². The fourth-order valence-electron chi connectivity index (χ4n) is 3.10. The third-order valence-electron chi connectivity index (χ3n) is 4.34. The molecular weight excluding hydrogens is 280 g/mol. The van der Waals surface area contributed by atoms with Crippen molar-refractivity contribution < 1.29 is 4.79 Å². The lowest BCUT2D eigenvalue weighted by molar-refractivity contribution is 0.0786. The molecule has 0 saturated carbocycles. The molecule has 2 heterocycles. The number of nitrogens with zero attached hydrogens (tertiary/aromatic N) is 1. The molecule has 1 aromatic carbocycles. The van der Waals surface area contributed by atoms with Crippen LogP contribution in [0.2, 0.25) is 0 Å². The van der Waals surface area contributed by atoms with Gasteiger partial charge in [-0.2, -0.15) is 11.3 Å². The third-order valence-corrected chi connectivity index (χ3v) is 5.21. The van der Waals surface area contributed by atoms with Crippen LogP contribution in [0.4, 0.5) is 0 Å². The fourth-order valence-corrected chi connectivity index (χ4v) is 3.93. The van der Waals surface area contributed by atoms with Crippen LogP contribution in [0, 0.1) is 12.8 Å². The van der Waals surface area contributed by atoms with E-state index in [1.165, 1.54) is 5.56 Å². The maximum absolute atomic E-state index is 12.7. The van der Waals surface area contributed by atoms with Gasteiger partial charge in [-0.05, 0) is 35.9 Å². The summed E-state index contributed by atoms with van der Waals surface area (Å²) in [4.78, 5) is 14.6. The van der Waals surface area contributed by atoms with E-state index in [1.807, 2.05) is 28.7 Å². The highest BCUT2D eigenvalue weighted by Gasteiger charge is 2.35. The summed E-state index contributed by atoms with van der Waals surface area (Å²) >= 11 is 1.58. The molecule has 110 valence electrons. The lowest BCUT2D eigenvalue weighted by Gasteiger charge is -2.16. The van der Waals surface area contributed by atoms with Crippen molar-refractivity contribution in [2.24, 2.45) is 11.7 Å². The van der Waals surface area contributed by atoms with E-state index in [2.05, 4.69) is 24.3 Å². The Hall–Kier alpha value is -1.65. The molecule has 1 fully saturated rings. The van der Waals surface area contributed by atoms with Crippen LogP contribution in [0.3, 0.4) is 0 Å². The zero-order valence-electron chi connectivity index (χ0n) is 12.2. The van der Waals surface area contributed by atoms with E-state index in [1.54, 1.807) is 11.3 Å². The quantitative estimate of drug-likeness (QED) is 0.947. The highest BCUT2D eigenvalue weighted by Crippen LogP contribution is 2.33. The summed E-state index contributed by atoms with van der Waals surface area (Å²) in [5.41, 5.74) is 9.12. The van der Waals surface area contributed by atoms with E-state index in [4.69, 9.17) is 5.73 Å². The average Bonchev–Trinajstić information content (AvgIpc) is 3.13. The molecule has 2 atom stereocenters. The molecule has 1 aliphatic heterocycles. The monoisotopic (exact) mass is 300 g/mol. The van der Waals surface area contributed by atoms with Crippen LogP contribution < -0.4 is 5.73 Å². The van der Waals surface area contributed by atoms with Gasteiger partial charge in [-0.3, -0.25) is 4.79 Å². The molecule has 3 rings (SSSR count). The van der Waals surface area contributed by atoms with Crippen molar-refractivity contribution in [3.63, 3.8) is 0 Å². The van der Waals surface area contributed by atoms with Crippen LogP contribution in [-0.2, 0) is 0 Å². The second kappa shape index (κ2) is 6.00. The molecular formula is C17H20N2OS. The molecule has 0 unspecified atom stereocenters. The molecule has 0 spiro atoms. The minimum Gasteiger partial charge on any atom is -0.338 e. The summed E-state index contributed by atoms with van der Waals surface area (Å²) < 4.78 is 0. The largest absolute Gasteiger partial charge is 0.338 e. The predicted octanol–water partition coefficient (Wildman–Crippen LogP) is 2.87. The van der Waals surface area contributed by atoms with E-state index in [0.29, 0.717) is 18.4 Å². The lowest BCUT2D eigenvalue weighted by atomic mass is 9.89. The van der Waals surface area contributed by atoms with Gasteiger partial charge < -0.3 is 10.6 Å². The number of carbonyl (C=O) groups is 1. The molecule has 2 N–H and O–H groups in total. The summed E-state index contributed by atoms with van der Waals surface area (Å²) in [6, 6.07) is 10.4. The van der Waals surface area contributed by atoms with E-state index in [9.17, 15) is 4.79 Å². The van der Waals surface area contributed by atoms with Gasteiger partial charge in [-0.25, -0.2) is 0 Å². The molecule has 4 heteroatoms. The Kier molecular flexibility index (Phi) is 4.08. The van der Waals surface area contributed by atoms with Gasteiger partial charge in [0.25, 0.3) is 5.91 Å². The SMILES string of the molecule is Cc1cscc1C(=O)N1C[C@@H](CN)[C@H](c2ccccc2)C1. The van der Waals surface area contributed by atoms with Crippen molar-refractivity contribution in [2.45, 2.75) is 12.8 Å². The third kappa shape index (κ3) is 2.74. The maximum atomic E-state index is 12.7. The number of amides is 1. The molecule has 1 aliphatic rings. The molecule has 0 radical (unpaired) electrons. The zero-order chi connectivity index (χ0) is 14.8. The second-order valence-corrected chi connectivity index (χ2v) is 6.44. The van der Waals surface area contributed by atoms with Crippen LogP contribution in [0.15, 0.2) is 41.1 Å². The first kappa shape index (κ1) is 14.3. The molecule has 0 aliphatic carbocycles. The minimum atomic E-state index is 0.144. The Bertz CT molecular complexity index is 623. The number of likely N-dealkylation sites (tertiary alicyclic amines) is 1. The summed E-state index contributed by atoms with van der Waals surface area (Å²) in [5.74, 6) is 0.833. The highest BCUT2D eigenvalue weighted by atomic mass is 32.1. The fraction of sp³-hybridized carbons (Fsp3) is 0.353. The van der Waals surface area contributed by atoms with Crippen LogP contribution in [0.5, 0.6) is 0 Å². The van der Waals surface area contributed by atoms with Crippen LogP contribution in [-0.4, -0.2) is 30.4 Å². The molecule has 21 heavy (non-hydrogen) atoms. The van der Waals surface area contributed by atoms with E-state index < -0.39 is 0 Å². The number of hydrogen-bond acceptors (Lipinski definition) is 3. The van der Waals surface area contributed by atoms with Gasteiger partial charge in [0.1, 0.15) is 0 Å². The Labute approximate surface area is 129 Å². The summed E-state index contributed by atoms with van der Waals surface area (Å²) in [7, 11) is 0. The summed E-state index contributed by atoms with van der Waals surface area (Å²) in [5, 5.41) is 3.98. The van der Waals surface area contributed by atoms with Crippen LogP contribution in [0.1, 0.15) is 27.4 Å². The average molecular weight is 300 g/mol. The Balaban J connectivity index is 1.81. The lowest BCUT2D eigenvalue weighted by Crippen LogP contribution is -2.29. The first-order valence-electron chi connectivity index (χ1n) is 7.27. The number of thiophene rings is 1. The first-order valence-corrected chi connectivity index (χ1v) is 8.22. The second-order valence-electron chi connectivity index (χ2n) is 5.69. The van der Waals surface area contributed by atoms with Crippen molar-refractivity contribution >= 4 is 17.2 Å². The molecule has 0 bridgehead atoms. The molecule has 3 nitrogen and oxygen atoms in total. The van der Waals surface area contributed by atoms with Gasteiger partial charge in [-0.15, -0.1) is 0 Å². The minimum absolute atomic E-state index is 0.144. The topological polar surface area (TPSA) is 46.3 Å². The van der Waals surface area contributed by atoms with E-state index >= 15 is 0 Å². The van der Waals surface area contributed by atoms with Crippen molar-refractivity contribution in [1.82, 2.24) is 4.90 Å². The Morgan fingerprint density at radius 1 is 1.29 bits per heavy atom. The predicted molar refractivity (Wildman–Crippen MR) is 86.7 cm³/mol. The highest BCUT2D eigenvalue weighted by molar-refractivity contribution is 7.08. The number of rotatable bonds is 3. The first-order chi connectivity index (χ1) is 10.2. The number of benzene rings is 1. The van der Waals surface area contributed by atoms with E-state index in [0.717, 1.165) is 24.2 Å². The standard InChI is InChI=1S/C17H20N2OS/c1-12-10-21-11-16(12)17(20)19-8-14(7-18)15(9-19)13-5-3-2-4-6-13/h2-6,10-11,14-15H,7-9,18H2,1H3/t14-,15+/m1/s1. The van der Waals surface area contributed by atoms with Crippen molar-refractivity contribution in [3.8, 4) is 0 Å². The Morgan fingerprint density at radius 2 is 2.05 bits per heavy atom. The molecule has 1 aromatic heterocycles. The number of carbonyl (C=O) groups excluding carboxylic acids is 1. The van der Waals surface area contributed by atoms with Gasteiger partial charge in [-0.1, -0.05) is 30.3 Å². The summed E-state index contributed by atoms with van der Waals surface area (Å²) in [6.07, 6.45) is 0. The number of nitrogens with two attached hydrogens (primary N) is 1. The maximum Gasteiger partial charge on any atom is 0.254 e. The molecule has 2 aromatic rings. The van der Waals surface area contributed by atoms with Gasteiger partial charge in [0.15, 0.2) is 0 Å². The number of hydrogen-bond donors (Lipinski definition) is 1. The molecule has 1 saturated heterocycles. The van der Waals surface area contributed by atoms with Gasteiger partial charge >= 0.3 is 0 Å². The van der Waals surface area contributed by atoms with Crippen LogP contribution >= 0.6 is 11.3 Å². The summed E-state index contributed by atoms with van der Waals surface area (Å²) in [6.45, 7) is 4.13. The van der Waals surface area contributed by atoms with Crippen LogP contribution in [0.25, 0.3) is 0 Å². The van der Waals surface area contributed by atoms with Gasteiger partial charge in [0.05, 0.1) is 5.56 Å². The van der Waals surface area contributed by atoms with Gasteiger partial charge in [0.2, 0.25) is 0 Å². The van der Waals surface area contributed by atoms with Crippen molar-refractivity contribution in [1.29, 1.82) is 0 Å². The molecule has 1 amide bonds. The Morgan fingerprint density at radius 3 is 2.67 bits per heavy atom. The van der Waals surface area contributed by atoms with E-state index in [-0.39, 0.29) is 5.91 Å². The zero-order valence-corrected chi connectivity index (χ0v) is 13.0. The van der Waals surface area contributed by atoms with Crippen molar-refractivity contribution in [2.75, 3.05) is 19.6 Å². The van der Waals surface area contributed by atoms with Gasteiger partial charge in [0, 0.05) is 24.4 Å².